The van der Waals surface area contributed by atoms with Crippen LogP contribution in [0.3, 0.4) is 0 Å². The van der Waals surface area contributed by atoms with Crippen molar-refractivity contribution < 1.29 is 10.3 Å². The maximum atomic E-state index is 8.66. The lowest BCUT2D eigenvalue weighted by Crippen LogP contribution is -2.29. The molecular weight excluding hydrogens is 108 g/mol. The predicted octanol–water partition coefficient (Wildman–Crippen LogP) is -0.626. The SMILES string of the molecule is CN=C(NO)C(C)O. The fourth-order valence-corrected chi connectivity index (χ4v) is 0.330. The average molecular weight is 118 g/mol. The summed E-state index contributed by atoms with van der Waals surface area (Å²) in [5, 5.41) is 16.8. The Morgan fingerprint density at radius 2 is 2.25 bits per heavy atom. The molecular formula is C4H10N2O2. The highest BCUT2D eigenvalue weighted by atomic mass is 16.5. The topological polar surface area (TPSA) is 64.9 Å². The van der Waals surface area contributed by atoms with Crippen molar-refractivity contribution in [2.45, 2.75) is 13.0 Å². The van der Waals surface area contributed by atoms with Crippen molar-refractivity contribution in [3.63, 3.8) is 0 Å². The number of hydrogen-bond acceptors (Lipinski definition) is 3. The first-order chi connectivity index (χ1) is 3.72. The number of aliphatic hydroxyl groups excluding tert-OH is 1. The zero-order valence-electron chi connectivity index (χ0n) is 4.92. The first-order valence-electron chi connectivity index (χ1n) is 2.27. The van der Waals surface area contributed by atoms with E-state index in [1.54, 1.807) is 5.48 Å². The molecule has 0 fully saturated rings. The van der Waals surface area contributed by atoms with E-state index in [0.717, 1.165) is 0 Å². The minimum atomic E-state index is -0.731. The van der Waals surface area contributed by atoms with Gasteiger partial charge in [0.1, 0.15) is 11.9 Å². The molecule has 0 bridgehead atoms. The van der Waals surface area contributed by atoms with Crippen LogP contribution in [0.1, 0.15) is 6.92 Å². The minimum Gasteiger partial charge on any atom is -0.385 e. The molecule has 0 heterocycles. The molecule has 0 saturated heterocycles. The van der Waals surface area contributed by atoms with Crippen molar-refractivity contribution in [1.82, 2.24) is 5.48 Å². The van der Waals surface area contributed by atoms with Crippen LogP contribution in [0, 0.1) is 0 Å². The van der Waals surface area contributed by atoms with Crippen LogP contribution in [0.2, 0.25) is 0 Å². The van der Waals surface area contributed by atoms with E-state index in [1.807, 2.05) is 0 Å². The van der Waals surface area contributed by atoms with E-state index < -0.39 is 6.10 Å². The van der Waals surface area contributed by atoms with E-state index in [0.29, 0.717) is 0 Å². The van der Waals surface area contributed by atoms with Crippen molar-refractivity contribution in [2.75, 3.05) is 7.05 Å². The van der Waals surface area contributed by atoms with Gasteiger partial charge in [-0.1, -0.05) is 0 Å². The smallest absolute Gasteiger partial charge is 0.149 e. The molecule has 4 nitrogen and oxygen atoms in total. The molecule has 3 N–H and O–H groups in total. The molecule has 0 aliphatic carbocycles. The van der Waals surface area contributed by atoms with Crippen LogP contribution in [0.5, 0.6) is 0 Å². The Morgan fingerprint density at radius 1 is 1.75 bits per heavy atom. The van der Waals surface area contributed by atoms with Gasteiger partial charge in [-0.15, -0.1) is 0 Å². The van der Waals surface area contributed by atoms with Crippen LogP contribution in [0.15, 0.2) is 4.99 Å². The second-order valence-electron chi connectivity index (χ2n) is 1.40. The maximum absolute atomic E-state index is 8.66. The molecule has 4 heteroatoms. The number of nitrogens with zero attached hydrogens (tertiary/aromatic N) is 1. The Bertz CT molecular complexity index is 90.0. The minimum absolute atomic E-state index is 0.171. The second kappa shape index (κ2) is 3.40. The molecule has 1 unspecified atom stereocenters. The summed E-state index contributed by atoms with van der Waals surface area (Å²) in [4.78, 5) is 3.51. The van der Waals surface area contributed by atoms with E-state index in [9.17, 15) is 0 Å². The number of hydrogen-bond donors (Lipinski definition) is 3. The van der Waals surface area contributed by atoms with Crippen LogP contribution in [0.4, 0.5) is 0 Å². The molecule has 0 aromatic heterocycles. The summed E-state index contributed by atoms with van der Waals surface area (Å²) >= 11 is 0. The quantitative estimate of drug-likeness (QED) is 0.244. The standard InChI is InChI=1S/C4H10N2O2/c1-3(7)4(5-2)6-8/h3,7-8H,1-2H3,(H,5,6). The van der Waals surface area contributed by atoms with Gasteiger partial charge in [0.15, 0.2) is 0 Å². The van der Waals surface area contributed by atoms with E-state index in [-0.39, 0.29) is 5.84 Å². The molecule has 0 aromatic rings. The van der Waals surface area contributed by atoms with Gasteiger partial charge in [-0.2, -0.15) is 0 Å². The Kier molecular flexibility index (Phi) is 3.14. The third-order valence-electron chi connectivity index (χ3n) is 0.751. The number of aliphatic hydroxyl groups is 1. The van der Waals surface area contributed by atoms with Gasteiger partial charge in [-0.05, 0) is 6.92 Å². The van der Waals surface area contributed by atoms with Gasteiger partial charge < -0.3 is 5.11 Å². The Hall–Kier alpha value is -0.610. The normalized spacial score (nSPS) is 15.8. The van der Waals surface area contributed by atoms with Crippen LogP contribution >= 0.6 is 0 Å². The third kappa shape index (κ3) is 1.90. The van der Waals surface area contributed by atoms with E-state index in [2.05, 4.69) is 4.99 Å². The Balaban J connectivity index is 3.72. The summed E-state index contributed by atoms with van der Waals surface area (Å²) in [5.41, 5.74) is 1.75. The van der Waals surface area contributed by atoms with Crippen molar-refractivity contribution >= 4 is 5.84 Å². The number of hydroxylamine groups is 1. The summed E-state index contributed by atoms with van der Waals surface area (Å²) in [6.45, 7) is 1.51. The first-order valence-corrected chi connectivity index (χ1v) is 2.27. The molecule has 48 valence electrons. The van der Waals surface area contributed by atoms with Crippen molar-refractivity contribution in [1.29, 1.82) is 0 Å². The van der Waals surface area contributed by atoms with Crippen LogP contribution < -0.4 is 5.48 Å². The van der Waals surface area contributed by atoms with Crippen molar-refractivity contribution in [3.05, 3.63) is 0 Å². The second-order valence-corrected chi connectivity index (χ2v) is 1.40. The number of aliphatic imine (C=N–C) groups is 1. The molecule has 0 radical (unpaired) electrons. The Labute approximate surface area is 47.8 Å². The summed E-state index contributed by atoms with van der Waals surface area (Å²) in [5.74, 6) is 0.171. The van der Waals surface area contributed by atoms with E-state index in [4.69, 9.17) is 10.3 Å². The van der Waals surface area contributed by atoms with E-state index >= 15 is 0 Å². The third-order valence-corrected chi connectivity index (χ3v) is 0.751. The average Bonchev–Trinajstić information content (AvgIpc) is 1.69. The lowest BCUT2D eigenvalue weighted by atomic mass is 10.4. The lowest BCUT2D eigenvalue weighted by molar-refractivity contribution is 0.196. The first kappa shape index (κ1) is 7.39. The summed E-state index contributed by atoms with van der Waals surface area (Å²) in [6.07, 6.45) is -0.731. The van der Waals surface area contributed by atoms with Crippen LogP contribution in [-0.2, 0) is 0 Å². The van der Waals surface area contributed by atoms with Gasteiger partial charge in [0.2, 0.25) is 0 Å². The van der Waals surface area contributed by atoms with Crippen molar-refractivity contribution in [2.24, 2.45) is 4.99 Å². The van der Waals surface area contributed by atoms with E-state index in [1.165, 1.54) is 14.0 Å². The van der Waals surface area contributed by atoms with Gasteiger partial charge in [0.05, 0.1) is 0 Å². The summed E-state index contributed by atoms with van der Waals surface area (Å²) in [6, 6.07) is 0. The van der Waals surface area contributed by atoms with Crippen molar-refractivity contribution in [3.8, 4) is 0 Å². The zero-order chi connectivity index (χ0) is 6.57. The van der Waals surface area contributed by atoms with Gasteiger partial charge >= 0.3 is 0 Å². The number of rotatable bonds is 1. The van der Waals surface area contributed by atoms with Gasteiger partial charge in [-0.25, -0.2) is 0 Å². The number of nitrogens with one attached hydrogen (secondary N) is 1. The highest BCUT2D eigenvalue weighted by Crippen LogP contribution is 1.79. The highest BCUT2D eigenvalue weighted by molar-refractivity contribution is 5.84. The van der Waals surface area contributed by atoms with Gasteiger partial charge in [0, 0.05) is 7.05 Å². The number of amidine groups is 1. The molecule has 0 saturated carbocycles. The molecule has 0 spiro atoms. The largest absolute Gasteiger partial charge is 0.385 e. The summed E-state index contributed by atoms with van der Waals surface area (Å²) in [7, 11) is 1.48. The van der Waals surface area contributed by atoms with Crippen LogP contribution in [0.25, 0.3) is 0 Å². The fraction of sp³-hybridized carbons (Fsp3) is 0.750. The molecule has 0 aliphatic rings. The van der Waals surface area contributed by atoms with Crippen LogP contribution in [-0.4, -0.2) is 29.3 Å². The molecule has 0 aromatic carbocycles. The molecule has 0 amide bonds. The molecule has 0 aliphatic heterocycles. The maximum Gasteiger partial charge on any atom is 0.149 e. The molecule has 8 heavy (non-hydrogen) atoms. The fourth-order valence-electron chi connectivity index (χ4n) is 0.330. The Morgan fingerprint density at radius 3 is 2.25 bits per heavy atom. The zero-order valence-corrected chi connectivity index (χ0v) is 4.92. The monoisotopic (exact) mass is 118 g/mol. The van der Waals surface area contributed by atoms with Gasteiger partial charge in [0.25, 0.3) is 0 Å². The molecule has 1 atom stereocenters. The summed E-state index contributed by atoms with van der Waals surface area (Å²) < 4.78 is 0. The van der Waals surface area contributed by atoms with Gasteiger partial charge in [-0.3, -0.25) is 15.7 Å². The lowest BCUT2D eigenvalue weighted by Gasteiger charge is -2.03. The highest BCUT2D eigenvalue weighted by Gasteiger charge is 2.00. The predicted molar refractivity (Wildman–Crippen MR) is 30.0 cm³/mol. The molecule has 0 rings (SSSR count).